The van der Waals surface area contributed by atoms with Crippen molar-refractivity contribution in [1.29, 1.82) is 0 Å². The number of carbonyl (C=O) groups excluding carboxylic acids is 2. The van der Waals surface area contributed by atoms with Gasteiger partial charge in [-0.2, -0.15) is 18.2 Å². The minimum Gasteiger partial charge on any atom is -0.481 e. The smallest absolute Gasteiger partial charge is 0.420 e. The summed E-state index contributed by atoms with van der Waals surface area (Å²) in [7, 11) is 1.29. The molecule has 0 bridgehead atoms. The number of pyridine rings is 1. The van der Waals surface area contributed by atoms with Gasteiger partial charge in [-0.3, -0.25) is 0 Å². The zero-order chi connectivity index (χ0) is 26.6. The first kappa shape index (κ1) is 27.7. The van der Waals surface area contributed by atoms with Crippen molar-refractivity contribution in [2.75, 3.05) is 12.4 Å². The van der Waals surface area contributed by atoms with E-state index in [9.17, 15) is 22.8 Å². The maximum Gasteiger partial charge on any atom is 0.420 e. The van der Waals surface area contributed by atoms with Gasteiger partial charge in [-0.05, 0) is 65.3 Å². The summed E-state index contributed by atoms with van der Waals surface area (Å²) >= 11 is 0. The van der Waals surface area contributed by atoms with Crippen LogP contribution in [-0.4, -0.2) is 40.4 Å². The van der Waals surface area contributed by atoms with E-state index in [4.69, 9.17) is 14.2 Å². The Morgan fingerprint density at radius 2 is 1.51 bits per heavy atom. The molecule has 2 aromatic rings. The third-order valence-corrected chi connectivity index (χ3v) is 4.14. The zero-order valence-corrected chi connectivity index (χ0v) is 20.7. The van der Waals surface area contributed by atoms with E-state index in [1.54, 1.807) is 53.7 Å². The van der Waals surface area contributed by atoms with Gasteiger partial charge in [-0.1, -0.05) is 12.1 Å². The van der Waals surface area contributed by atoms with Gasteiger partial charge >= 0.3 is 18.4 Å². The first-order valence-electron chi connectivity index (χ1n) is 10.7. The van der Waals surface area contributed by atoms with Crippen LogP contribution in [-0.2, 0) is 22.2 Å². The van der Waals surface area contributed by atoms with Crippen LogP contribution >= 0.6 is 0 Å². The maximum atomic E-state index is 13.5. The van der Waals surface area contributed by atoms with Gasteiger partial charge in [0.1, 0.15) is 17.0 Å². The second kappa shape index (κ2) is 10.4. The predicted molar refractivity (Wildman–Crippen MR) is 124 cm³/mol. The highest BCUT2D eigenvalue weighted by Gasteiger charge is 2.35. The number of alkyl halides is 3. The number of aromatic nitrogens is 1. The molecule has 2 rings (SSSR count). The molecule has 0 saturated carbocycles. The minimum atomic E-state index is -4.65. The molecule has 11 heteroatoms. The molecule has 1 aromatic carbocycles. The van der Waals surface area contributed by atoms with Gasteiger partial charge in [0.15, 0.2) is 0 Å². The number of methoxy groups -OCH3 is 1. The quantitative estimate of drug-likeness (QED) is 0.503. The standard InChI is InChI=1S/C24H30F3N3O5/c1-22(2,3)34-20(31)30(21(32)35-23(4,5)6)14-15-9-8-10-16(13-15)28-19-17(24(25,26)27)11-12-18(29-19)33-7/h8-13H,14H2,1-7H3,(H,28,29). The lowest BCUT2D eigenvalue weighted by molar-refractivity contribution is -0.137. The van der Waals surface area contributed by atoms with Crippen LogP contribution < -0.4 is 10.1 Å². The lowest BCUT2D eigenvalue weighted by Gasteiger charge is -2.28. The normalized spacial score (nSPS) is 12.1. The van der Waals surface area contributed by atoms with Crippen LogP contribution in [0.4, 0.5) is 34.3 Å². The number of nitrogens with one attached hydrogen (secondary N) is 1. The fourth-order valence-corrected chi connectivity index (χ4v) is 2.78. The molecular formula is C24H30F3N3O5. The fourth-order valence-electron chi connectivity index (χ4n) is 2.78. The highest BCUT2D eigenvalue weighted by molar-refractivity contribution is 5.88. The highest BCUT2D eigenvalue weighted by Crippen LogP contribution is 2.36. The van der Waals surface area contributed by atoms with Crippen molar-refractivity contribution in [3.63, 3.8) is 0 Å². The number of hydrogen-bond acceptors (Lipinski definition) is 7. The lowest BCUT2D eigenvalue weighted by Crippen LogP contribution is -2.43. The monoisotopic (exact) mass is 497 g/mol. The molecule has 0 aliphatic rings. The lowest BCUT2D eigenvalue weighted by atomic mass is 10.1. The van der Waals surface area contributed by atoms with Crippen LogP contribution in [0.25, 0.3) is 0 Å². The molecule has 0 aliphatic carbocycles. The van der Waals surface area contributed by atoms with Crippen LogP contribution in [0.1, 0.15) is 52.7 Å². The number of rotatable bonds is 5. The number of benzene rings is 1. The molecule has 2 amide bonds. The number of anilines is 2. The van der Waals surface area contributed by atoms with E-state index in [1.165, 1.54) is 19.2 Å². The van der Waals surface area contributed by atoms with Gasteiger partial charge in [-0.15, -0.1) is 0 Å². The van der Waals surface area contributed by atoms with Gasteiger partial charge in [-0.25, -0.2) is 14.5 Å². The number of hydrogen-bond donors (Lipinski definition) is 1. The van der Waals surface area contributed by atoms with Crippen molar-refractivity contribution < 1.29 is 37.0 Å². The third-order valence-electron chi connectivity index (χ3n) is 4.14. The SMILES string of the molecule is COc1ccc(C(F)(F)F)c(Nc2cccc(CN(C(=O)OC(C)(C)C)C(=O)OC(C)(C)C)c2)n1. The van der Waals surface area contributed by atoms with E-state index in [0.29, 0.717) is 5.56 Å². The largest absolute Gasteiger partial charge is 0.481 e. The van der Waals surface area contributed by atoms with E-state index in [2.05, 4.69) is 10.3 Å². The van der Waals surface area contributed by atoms with Crippen molar-refractivity contribution >= 4 is 23.7 Å². The molecule has 1 aromatic heterocycles. The Balaban J connectivity index is 2.36. The topological polar surface area (TPSA) is 90.0 Å². The molecule has 0 radical (unpaired) electrons. The summed E-state index contributed by atoms with van der Waals surface area (Å²) in [5, 5.41) is 2.64. The van der Waals surface area contributed by atoms with Crippen molar-refractivity contribution in [3.05, 3.63) is 47.5 Å². The van der Waals surface area contributed by atoms with E-state index in [1.807, 2.05) is 0 Å². The molecule has 35 heavy (non-hydrogen) atoms. The summed E-state index contributed by atoms with van der Waals surface area (Å²) in [5.74, 6) is -0.456. The Bertz CT molecular complexity index is 1030. The first-order valence-corrected chi connectivity index (χ1v) is 10.7. The minimum absolute atomic E-state index is 0.00215. The van der Waals surface area contributed by atoms with Gasteiger partial charge in [0, 0.05) is 11.8 Å². The van der Waals surface area contributed by atoms with Crippen LogP contribution in [0.2, 0.25) is 0 Å². The molecule has 0 atom stereocenters. The van der Waals surface area contributed by atoms with Crippen LogP contribution in [0, 0.1) is 0 Å². The zero-order valence-electron chi connectivity index (χ0n) is 20.7. The summed E-state index contributed by atoms with van der Waals surface area (Å²) in [6.07, 6.45) is -6.48. The van der Waals surface area contributed by atoms with Crippen molar-refractivity contribution in [2.24, 2.45) is 0 Å². The van der Waals surface area contributed by atoms with E-state index < -0.39 is 40.9 Å². The first-order chi connectivity index (χ1) is 16.0. The third kappa shape index (κ3) is 8.66. The average Bonchev–Trinajstić information content (AvgIpc) is 2.68. The Hall–Kier alpha value is -3.50. The Morgan fingerprint density at radius 1 is 0.943 bits per heavy atom. The van der Waals surface area contributed by atoms with Crippen molar-refractivity contribution in [3.8, 4) is 5.88 Å². The van der Waals surface area contributed by atoms with E-state index >= 15 is 0 Å². The summed E-state index contributed by atoms with van der Waals surface area (Å²) in [6.45, 7) is 9.69. The van der Waals surface area contributed by atoms with Crippen molar-refractivity contribution in [1.82, 2.24) is 9.88 Å². The van der Waals surface area contributed by atoms with Gasteiger partial charge in [0.2, 0.25) is 5.88 Å². The van der Waals surface area contributed by atoms with Gasteiger partial charge in [0.25, 0.3) is 0 Å². The molecule has 0 unspecified atom stereocenters. The summed E-state index contributed by atoms with van der Waals surface area (Å²) in [5.41, 5.74) is -2.03. The molecule has 0 aliphatic heterocycles. The number of imide groups is 1. The average molecular weight is 498 g/mol. The highest BCUT2D eigenvalue weighted by atomic mass is 19.4. The Kier molecular flexibility index (Phi) is 8.25. The molecule has 0 fully saturated rings. The Labute approximate surface area is 202 Å². The number of halogens is 3. The van der Waals surface area contributed by atoms with Crippen molar-refractivity contribution in [2.45, 2.75) is 65.5 Å². The summed E-state index contributed by atoms with van der Waals surface area (Å²) in [4.78, 5) is 30.1. The van der Waals surface area contributed by atoms with Gasteiger partial charge < -0.3 is 19.5 Å². The molecule has 1 heterocycles. The van der Waals surface area contributed by atoms with E-state index in [-0.39, 0.29) is 18.1 Å². The van der Waals surface area contributed by atoms with E-state index in [0.717, 1.165) is 17.0 Å². The Morgan fingerprint density at radius 3 is 2.00 bits per heavy atom. The molecule has 192 valence electrons. The maximum absolute atomic E-state index is 13.5. The number of carbonyl (C=O) groups is 2. The number of amides is 2. The van der Waals surface area contributed by atoms with Crippen LogP contribution in [0.5, 0.6) is 5.88 Å². The second-order valence-electron chi connectivity index (χ2n) is 9.62. The molecule has 1 N–H and O–H groups in total. The number of nitrogens with zero attached hydrogens (tertiary/aromatic N) is 2. The second-order valence-corrected chi connectivity index (χ2v) is 9.62. The summed E-state index contributed by atoms with van der Waals surface area (Å²) in [6, 6.07) is 8.16. The van der Waals surface area contributed by atoms with Crippen LogP contribution in [0.15, 0.2) is 36.4 Å². The van der Waals surface area contributed by atoms with Gasteiger partial charge in [0.05, 0.1) is 19.2 Å². The molecular weight excluding hydrogens is 467 g/mol. The fraction of sp³-hybridized carbons (Fsp3) is 0.458. The number of ether oxygens (including phenoxy) is 3. The van der Waals surface area contributed by atoms with Crippen LogP contribution in [0.3, 0.4) is 0 Å². The summed E-state index contributed by atoms with van der Waals surface area (Å²) < 4.78 is 56.0. The predicted octanol–water partition coefficient (Wildman–Crippen LogP) is 6.52. The molecule has 0 spiro atoms. The molecule has 0 saturated heterocycles. The molecule has 8 nitrogen and oxygen atoms in total.